The van der Waals surface area contributed by atoms with Crippen LogP contribution in [0.15, 0.2) is 53.0 Å². The fourth-order valence-electron chi connectivity index (χ4n) is 2.03. The van der Waals surface area contributed by atoms with Gasteiger partial charge in [0.1, 0.15) is 0 Å². The molecule has 0 fully saturated rings. The van der Waals surface area contributed by atoms with Crippen LogP contribution in [0.4, 0.5) is 5.69 Å². The molecule has 0 radical (unpaired) electrons. The summed E-state index contributed by atoms with van der Waals surface area (Å²) in [5.41, 5.74) is 2.40. The van der Waals surface area contributed by atoms with Crippen molar-refractivity contribution in [2.45, 2.75) is 6.10 Å². The molecule has 22 heavy (non-hydrogen) atoms. The van der Waals surface area contributed by atoms with Crippen molar-refractivity contribution in [3.8, 4) is 0 Å². The number of carbonyl (C=O) groups is 1. The molecular weight excluding hydrogens is 344 g/mol. The number of benzene rings is 2. The maximum atomic E-state index is 12.0. The molecule has 5 heteroatoms. The summed E-state index contributed by atoms with van der Waals surface area (Å²) < 4.78 is 0.847. The summed E-state index contributed by atoms with van der Waals surface area (Å²) in [6.07, 6.45) is -0.729. The van der Waals surface area contributed by atoms with Gasteiger partial charge in [0.05, 0.1) is 6.10 Å². The van der Waals surface area contributed by atoms with Crippen molar-refractivity contribution in [2.75, 3.05) is 25.5 Å². The van der Waals surface area contributed by atoms with Crippen LogP contribution in [-0.4, -0.2) is 31.7 Å². The number of hydrogen-bond donors (Lipinski definition) is 2. The van der Waals surface area contributed by atoms with Gasteiger partial charge in [0, 0.05) is 36.4 Å². The molecule has 1 unspecified atom stereocenters. The predicted octanol–water partition coefficient (Wildman–Crippen LogP) is 2.98. The van der Waals surface area contributed by atoms with Gasteiger partial charge in [0.2, 0.25) is 0 Å². The first-order valence-electron chi connectivity index (χ1n) is 6.96. The van der Waals surface area contributed by atoms with Crippen LogP contribution in [0.2, 0.25) is 0 Å². The van der Waals surface area contributed by atoms with Crippen molar-refractivity contribution >= 4 is 27.5 Å². The highest BCUT2D eigenvalue weighted by molar-refractivity contribution is 9.10. The lowest BCUT2D eigenvalue weighted by Crippen LogP contribution is -2.28. The van der Waals surface area contributed by atoms with Gasteiger partial charge < -0.3 is 15.3 Å². The average Bonchev–Trinajstić information content (AvgIpc) is 2.52. The van der Waals surface area contributed by atoms with Crippen molar-refractivity contribution in [3.05, 3.63) is 64.1 Å². The van der Waals surface area contributed by atoms with Crippen molar-refractivity contribution in [1.82, 2.24) is 5.32 Å². The van der Waals surface area contributed by atoms with E-state index in [0.717, 1.165) is 15.7 Å². The summed E-state index contributed by atoms with van der Waals surface area (Å²) in [5.74, 6) is -0.203. The number of carbonyl (C=O) groups excluding carboxylic acids is 1. The normalized spacial score (nSPS) is 11.8. The maximum Gasteiger partial charge on any atom is 0.251 e. The summed E-state index contributed by atoms with van der Waals surface area (Å²) in [6.45, 7) is 0.173. The van der Waals surface area contributed by atoms with Gasteiger partial charge in [-0.15, -0.1) is 0 Å². The molecule has 0 saturated heterocycles. The Bertz CT molecular complexity index is 641. The van der Waals surface area contributed by atoms with Crippen LogP contribution in [0.1, 0.15) is 22.0 Å². The Kier molecular flexibility index (Phi) is 5.57. The van der Waals surface area contributed by atoms with Crippen LogP contribution < -0.4 is 10.2 Å². The van der Waals surface area contributed by atoms with E-state index in [1.807, 2.05) is 49.3 Å². The molecule has 2 aromatic carbocycles. The van der Waals surface area contributed by atoms with E-state index in [1.165, 1.54) is 0 Å². The lowest BCUT2D eigenvalue weighted by molar-refractivity contribution is 0.0916. The highest BCUT2D eigenvalue weighted by atomic mass is 79.9. The van der Waals surface area contributed by atoms with E-state index in [4.69, 9.17) is 0 Å². The van der Waals surface area contributed by atoms with E-state index in [-0.39, 0.29) is 12.5 Å². The van der Waals surface area contributed by atoms with Crippen molar-refractivity contribution in [1.29, 1.82) is 0 Å². The lowest BCUT2D eigenvalue weighted by atomic mass is 10.1. The van der Waals surface area contributed by atoms with Gasteiger partial charge in [-0.05, 0) is 35.9 Å². The zero-order valence-corrected chi connectivity index (χ0v) is 14.2. The van der Waals surface area contributed by atoms with E-state index in [9.17, 15) is 9.90 Å². The highest BCUT2D eigenvalue weighted by Gasteiger charge is 2.11. The number of rotatable bonds is 5. The first-order chi connectivity index (χ1) is 10.5. The molecule has 0 aliphatic carbocycles. The van der Waals surface area contributed by atoms with Crippen molar-refractivity contribution in [3.63, 3.8) is 0 Å². The number of nitrogens with zero attached hydrogens (tertiary/aromatic N) is 1. The molecule has 1 amide bonds. The SMILES string of the molecule is CN(C)c1ccc(C(O)CNC(=O)c2cccc(Br)c2)cc1. The summed E-state index contributed by atoms with van der Waals surface area (Å²) in [5, 5.41) is 12.9. The molecule has 0 aliphatic heterocycles. The van der Waals surface area contributed by atoms with E-state index in [1.54, 1.807) is 18.2 Å². The molecule has 0 saturated carbocycles. The average molecular weight is 363 g/mol. The molecule has 2 N–H and O–H groups in total. The van der Waals surface area contributed by atoms with Gasteiger partial charge in [0.25, 0.3) is 5.91 Å². The van der Waals surface area contributed by atoms with Gasteiger partial charge >= 0.3 is 0 Å². The Hall–Kier alpha value is -1.85. The van der Waals surface area contributed by atoms with E-state index < -0.39 is 6.10 Å². The Morgan fingerprint density at radius 3 is 2.50 bits per heavy atom. The van der Waals surface area contributed by atoms with Crippen molar-refractivity contribution < 1.29 is 9.90 Å². The van der Waals surface area contributed by atoms with Crippen LogP contribution in [-0.2, 0) is 0 Å². The zero-order valence-electron chi connectivity index (χ0n) is 12.6. The van der Waals surface area contributed by atoms with Gasteiger partial charge in [-0.3, -0.25) is 4.79 Å². The molecule has 0 aromatic heterocycles. The predicted molar refractivity (Wildman–Crippen MR) is 92.2 cm³/mol. The molecule has 1 atom stereocenters. The Morgan fingerprint density at radius 1 is 1.23 bits per heavy atom. The second kappa shape index (κ2) is 7.42. The van der Waals surface area contributed by atoms with Gasteiger partial charge in [0.15, 0.2) is 0 Å². The number of nitrogens with one attached hydrogen (secondary N) is 1. The first-order valence-corrected chi connectivity index (χ1v) is 7.76. The lowest BCUT2D eigenvalue weighted by Gasteiger charge is -2.15. The minimum atomic E-state index is -0.729. The van der Waals surface area contributed by atoms with Crippen LogP contribution in [0, 0.1) is 0 Å². The summed E-state index contributed by atoms with van der Waals surface area (Å²) >= 11 is 3.33. The maximum absolute atomic E-state index is 12.0. The third-order valence-electron chi connectivity index (χ3n) is 3.34. The Balaban J connectivity index is 1.94. The molecule has 0 heterocycles. The van der Waals surface area contributed by atoms with Crippen LogP contribution >= 0.6 is 15.9 Å². The first kappa shape index (κ1) is 16.5. The smallest absolute Gasteiger partial charge is 0.251 e. The third kappa shape index (κ3) is 4.32. The summed E-state index contributed by atoms with van der Waals surface area (Å²) in [6, 6.07) is 14.7. The minimum Gasteiger partial charge on any atom is -0.387 e. The third-order valence-corrected chi connectivity index (χ3v) is 3.83. The van der Waals surface area contributed by atoms with E-state index in [0.29, 0.717) is 5.56 Å². The van der Waals surface area contributed by atoms with Crippen LogP contribution in [0.5, 0.6) is 0 Å². The molecule has 2 rings (SSSR count). The van der Waals surface area contributed by atoms with Gasteiger partial charge in [-0.2, -0.15) is 0 Å². The topological polar surface area (TPSA) is 52.6 Å². The zero-order chi connectivity index (χ0) is 16.1. The number of anilines is 1. The minimum absolute atomic E-state index is 0.173. The molecule has 0 spiro atoms. The standard InChI is InChI=1S/C17H19BrN2O2/c1-20(2)15-8-6-12(7-9-15)16(21)11-19-17(22)13-4-3-5-14(18)10-13/h3-10,16,21H,11H2,1-2H3,(H,19,22). The molecular formula is C17H19BrN2O2. The van der Waals surface area contributed by atoms with E-state index in [2.05, 4.69) is 21.2 Å². The van der Waals surface area contributed by atoms with Crippen molar-refractivity contribution in [2.24, 2.45) is 0 Å². The molecule has 116 valence electrons. The van der Waals surface area contributed by atoms with E-state index >= 15 is 0 Å². The number of hydrogen-bond acceptors (Lipinski definition) is 3. The Morgan fingerprint density at radius 2 is 1.91 bits per heavy atom. The molecule has 4 nitrogen and oxygen atoms in total. The number of aliphatic hydroxyl groups excluding tert-OH is 1. The number of aliphatic hydroxyl groups is 1. The molecule has 0 aliphatic rings. The molecule has 2 aromatic rings. The largest absolute Gasteiger partial charge is 0.387 e. The summed E-state index contributed by atoms with van der Waals surface area (Å²) in [7, 11) is 3.92. The number of halogens is 1. The second-order valence-corrected chi connectivity index (χ2v) is 6.14. The van der Waals surface area contributed by atoms with Gasteiger partial charge in [-0.1, -0.05) is 34.1 Å². The number of amides is 1. The van der Waals surface area contributed by atoms with Crippen LogP contribution in [0.25, 0.3) is 0 Å². The Labute approximate surface area is 138 Å². The van der Waals surface area contributed by atoms with Crippen LogP contribution in [0.3, 0.4) is 0 Å². The monoisotopic (exact) mass is 362 g/mol. The fraction of sp³-hybridized carbons (Fsp3) is 0.235. The quantitative estimate of drug-likeness (QED) is 0.859. The van der Waals surface area contributed by atoms with Gasteiger partial charge in [-0.25, -0.2) is 0 Å². The summed E-state index contributed by atoms with van der Waals surface area (Å²) in [4.78, 5) is 14.0. The fourth-order valence-corrected chi connectivity index (χ4v) is 2.43. The highest BCUT2D eigenvalue weighted by Crippen LogP contribution is 2.17. The second-order valence-electron chi connectivity index (χ2n) is 5.22. The molecule has 0 bridgehead atoms.